The maximum atomic E-state index is 11.6. The lowest BCUT2D eigenvalue weighted by molar-refractivity contribution is -0.120. The van der Waals surface area contributed by atoms with Gasteiger partial charge >= 0.3 is 0 Å². The number of anilines is 1. The lowest BCUT2D eigenvalue weighted by Crippen LogP contribution is -2.41. The smallest absolute Gasteiger partial charge is 0.242 e. The first-order valence-corrected chi connectivity index (χ1v) is 6.03. The maximum Gasteiger partial charge on any atom is 0.242 e. The summed E-state index contributed by atoms with van der Waals surface area (Å²) in [6.07, 6.45) is 4.20. The van der Waals surface area contributed by atoms with E-state index < -0.39 is 0 Å². The molecule has 1 aliphatic rings. The minimum atomic E-state index is -0.133. The Kier molecular flexibility index (Phi) is 3.38. The van der Waals surface area contributed by atoms with E-state index in [1.165, 1.54) is 0 Å². The molecule has 0 aromatic carbocycles. The summed E-state index contributed by atoms with van der Waals surface area (Å²) in [4.78, 5) is 22.0. The van der Waals surface area contributed by atoms with Gasteiger partial charge < -0.3 is 10.2 Å². The van der Waals surface area contributed by atoms with Crippen molar-refractivity contribution in [1.82, 2.24) is 15.3 Å². The number of rotatable bonds is 3. The quantitative estimate of drug-likeness (QED) is 0.898. The van der Waals surface area contributed by atoms with Gasteiger partial charge in [-0.05, 0) is 29.3 Å². The van der Waals surface area contributed by atoms with Crippen molar-refractivity contribution in [3.8, 4) is 0 Å². The first kappa shape index (κ1) is 11.3. The van der Waals surface area contributed by atoms with Crippen molar-refractivity contribution < 1.29 is 4.79 Å². The van der Waals surface area contributed by atoms with E-state index in [1.807, 2.05) is 11.8 Å². The first-order valence-electron chi connectivity index (χ1n) is 5.24. The zero-order chi connectivity index (χ0) is 11.5. The van der Waals surface area contributed by atoms with Gasteiger partial charge in [0.1, 0.15) is 6.04 Å². The van der Waals surface area contributed by atoms with E-state index in [1.54, 1.807) is 12.4 Å². The average molecular weight is 285 g/mol. The summed E-state index contributed by atoms with van der Waals surface area (Å²) in [5.41, 5.74) is 0. The van der Waals surface area contributed by atoms with Crippen LogP contribution in [0.25, 0.3) is 0 Å². The Morgan fingerprint density at radius 3 is 2.75 bits per heavy atom. The van der Waals surface area contributed by atoms with E-state index in [9.17, 15) is 4.79 Å². The molecule has 1 aromatic rings. The van der Waals surface area contributed by atoms with Gasteiger partial charge in [0.05, 0.1) is 4.47 Å². The van der Waals surface area contributed by atoms with Crippen molar-refractivity contribution in [3.05, 3.63) is 16.9 Å². The second-order valence-corrected chi connectivity index (χ2v) is 4.50. The summed E-state index contributed by atoms with van der Waals surface area (Å²) >= 11 is 3.29. The van der Waals surface area contributed by atoms with Gasteiger partial charge in [0.15, 0.2) is 0 Å². The van der Waals surface area contributed by atoms with Crippen LogP contribution in [0.1, 0.15) is 13.3 Å². The highest BCUT2D eigenvalue weighted by Gasteiger charge is 2.30. The average Bonchev–Trinajstić information content (AvgIpc) is 2.69. The number of aromatic nitrogens is 2. The summed E-state index contributed by atoms with van der Waals surface area (Å²) in [6.45, 7) is 3.45. The molecule has 1 fully saturated rings. The Balaban J connectivity index is 2.21. The summed E-state index contributed by atoms with van der Waals surface area (Å²) in [7, 11) is 0. The second kappa shape index (κ2) is 4.78. The number of hydrogen-bond acceptors (Lipinski definition) is 4. The molecule has 2 rings (SSSR count). The molecule has 86 valence electrons. The third kappa shape index (κ3) is 2.16. The molecule has 1 aliphatic heterocycles. The van der Waals surface area contributed by atoms with Crippen LogP contribution in [-0.2, 0) is 4.79 Å². The van der Waals surface area contributed by atoms with Crippen LogP contribution in [0.3, 0.4) is 0 Å². The number of amides is 1. The van der Waals surface area contributed by atoms with E-state index in [-0.39, 0.29) is 11.9 Å². The number of carbonyl (C=O) groups excluding carboxylic acids is 1. The van der Waals surface area contributed by atoms with Gasteiger partial charge in [-0.1, -0.05) is 0 Å². The predicted octanol–water partition coefficient (Wildman–Crippen LogP) is 0.954. The minimum Gasteiger partial charge on any atom is -0.354 e. The summed E-state index contributed by atoms with van der Waals surface area (Å²) in [5, 5.41) is 2.82. The zero-order valence-corrected chi connectivity index (χ0v) is 10.6. The summed E-state index contributed by atoms with van der Waals surface area (Å²) in [5.74, 6) is 0.668. The van der Waals surface area contributed by atoms with Gasteiger partial charge in [-0.25, -0.2) is 9.97 Å². The molecule has 0 bridgehead atoms. The van der Waals surface area contributed by atoms with Crippen LogP contribution in [-0.4, -0.2) is 35.0 Å². The molecule has 0 saturated carbocycles. The molecule has 1 N–H and O–H groups in total. The molecule has 1 atom stereocenters. The van der Waals surface area contributed by atoms with E-state index in [4.69, 9.17) is 0 Å². The van der Waals surface area contributed by atoms with Gasteiger partial charge in [-0.15, -0.1) is 0 Å². The van der Waals surface area contributed by atoms with Crippen LogP contribution in [0.2, 0.25) is 0 Å². The Hall–Kier alpha value is -1.17. The molecule has 0 radical (unpaired) electrons. The first-order chi connectivity index (χ1) is 7.72. The fraction of sp³-hybridized carbons (Fsp3) is 0.500. The summed E-state index contributed by atoms with van der Waals surface area (Å²) < 4.78 is 0.836. The van der Waals surface area contributed by atoms with Gasteiger partial charge in [0, 0.05) is 25.5 Å². The third-order valence-corrected chi connectivity index (χ3v) is 3.01. The molecule has 6 heteroatoms. The highest BCUT2D eigenvalue weighted by atomic mass is 79.9. The van der Waals surface area contributed by atoms with Gasteiger partial charge in [0.25, 0.3) is 0 Å². The molecule has 0 spiro atoms. The Labute approximate surface area is 102 Å². The second-order valence-electron chi connectivity index (χ2n) is 3.58. The van der Waals surface area contributed by atoms with Crippen LogP contribution in [0.5, 0.6) is 0 Å². The monoisotopic (exact) mass is 284 g/mol. The Morgan fingerprint density at radius 1 is 1.56 bits per heavy atom. The van der Waals surface area contributed by atoms with Crippen LogP contribution >= 0.6 is 15.9 Å². The van der Waals surface area contributed by atoms with E-state index in [0.717, 1.165) is 24.0 Å². The van der Waals surface area contributed by atoms with E-state index in [2.05, 4.69) is 31.2 Å². The number of nitrogens with zero attached hydrogens (tertiary/aromatic N) is 3. The fourth-order valence-corrected chi connectivity index (χ4v) is 2.04. The maximum absolute atomic E-state index is 11.6. The van der Waals surface area contributed by atoms with Crippen LogP contribution < -0.4 is 10.2 Å². The van der Waals surface area contributed by atoms with Gasteiger partial charge in [0.2, 0.25) is 11.9 Å². The molecule has 1 aromatic heterocycles. The topological polar surface area (TPSA) is 58.1 Å². The number of halogens is 1. The number of hydrogen-bond donors (Lipinski definition) is 1. The van der Waals surface area contributed by atoms with Crippen molar-refractivity contribution in [2.75, 3.05) is 18.0 Å². The van der Waals surface area contributed by atoms with E-state index >= 15 is 0 Å². The van der Waals surface area contributed by atoms with Crippen molar-refractivity contribution >= 4 is 27.8 Å². The molecular formula is C10H13BrN4O. The SMILES string of the molecule is CCN(c1ncc(Br)cn1)[C@H]1CCNC1=O. The molecule has 16 heavy (non-hydrogen) atoms. The Bertz CT molecular complexity index is 381. The molecule has 5 nitrogen and oxygen atoms in total. The van der Waals surface area contributed by atoms with Crippen molar-refractivity contribution in [2.45, 2.75) is 19.4 Å². The normalized spacial score (nSPS) is 19.6. The highest BCUT2D eigenvalue weighted by Crippen LogP contribution is 2.17. The lowest BCUT2D eigenvalue weighted by atomic mass is 10.2. The third-order valence-electron chi connectivity index (χ3n) is 2.60. The minimum absolute atomic E-state index is 0.0633. The molecule has 0 aliphatic carbocycles. The molecule has 2 heterocycles. The van der Waals surface area contributed by atoms with E-state index in [0.29, 0.717) is 5.95 Å². The molecule has 1 saturated heterocycles. The van der Waals surface area contributed by atoms with Crippen molar-refractivity contribution in [1.29, 1.82) is 0 Å². The van der Waals surface area contributed by atoms with Crippen LogP contribution in [0, 0.1) is 0 Å². The number of nitrogens with one attached hydrogen (secondary N) is 1. The standard InChI is InChI=1S/C10H13BrN4O/c1-2-15(8-3-4-12-9(8)16)10-13-5-7(11)6-14-10/h5-6,8H,2-4H2,1H3,(H,12,16)/t8-/m0/s1. The van der Waals surface area contributed by atoms with Gasteiger partial charge in [-0.2, -0.15) is 0 Å². The van der Waals surface area contributed by atoms with Crippen LogP contribution in [0.4, 0.5) is 5.95 Å². The molecule has 1 amide bonds. The lowest BCUT2D eigenvalue weighted by Gasteiger charge is -2.25. The largest absolute Gasteiger partial charge is 0.354 e. The fourth-order valence-electron chi connectivity index (χ4n) is 1.83. The molecule has 0 unspecified atom stereocenters. The van der Waals surface area contributed by atoms with Crippen LogP contribution in [0.15, 0.2) is 16.9 Å². The highest BCUT2D eigenvalue weighted by molar-refractivity contribution is 9.10. The van der Waals surface area contributed by atoms with Crippen molar-refractivity contribution in [3.63, 3.8) is 0 Å². The number of likely N-dealkylation sites (N-methyl/N-ethyl adjacent to an activating group) is 1. The predicted molar refractivity (Wildman–Crippen MR) is 64.2 cm³/mol. The molecular weight excluding hydrogens is 272 g/mol. The number of carbonyl (C=O) groups is 1. The Morgan fingerprint density at radius 2 is 2.25 bits per heavy atom. The zero-order valence-electron chi connectivity index (χ0n) is 8.98. The van der Waals surface area contributed by atoms with Crippen molar-refractivity contribution in [2.24, 2.45) is 0 Å². The van der Waals surface area contributed by atoms with Gasteiger partial charge in [-0.3, -0.25) is 4.79 Å². The summed E-state index contributed by atoms with van der Waals surface area (Å²) in [6, 6.07) is -0.133.